The van der Waals surface area contributed by atoms with E-state index < -0.39 is 0 Å². The lowest BCUT2D eigenvalue weighted by Crippen LogP contribution is -2.36. The molecule has 1 aromatic heterocycles. The van der Waals surface area contributed by atoms with E-state index in [4.69, 9.17) is 9.47 Å². The van der Waals surface area contributed by atoms with Crippen LogP contribution in [-0.4, -0.2) is 60.9 Å². The molecule has 2 aliphatic rings. The van der Waals surface area contributed by atoms with E-state index in [1.54, 1.807) is 4.57 Å². The third-order valence-electron chi connectivity index (χ3n) is 7.10. The van der Waals surface area contributed by atoms with Gasteiger partial charge in [0, 0.05) is 30.7 Å². The molecular formula is C27H33N3O3. The summed E-state index contributed by atoms with van der Waals surface area (Å²) in [7, 11) is 3.61. The fourth-order valence-corrected chi connectivity index (χ4v) is 5.15. The maximum atomic E-state index is 12.4. The van der Waals surface area contributed by atoms with E-state index in [1.807, 2.05) is 24.3 Å². The number of hydrogen-bond donors (Lipinski definition) is 0. The highest BCUT2D eigenvalue weighted by Gasteiger charge is 2.23. The normalized spacial score (nSPS) is 17.8. The van der Waals surface area contributed by atoms with Crippen molar-refractivity contribution in [1.82, 2.24) is 14.4 Å². The summed E-state index contributed by atoms with van der Waals surface area (Å²) in [5.41, 5.74) is 4.74. The van der Waals surface area contributed by atoms with Crippen molar-refractivity contribution in [2.24, 2.45) is 5.92 Å². The monoisotopic (exact) mass is 447 g/mol. The Bertz CT molecular complexity index is 1130. The van der Waals surface area contributed by atoms with Crippen LogP contribution in [0.25, 0.3) is 10.9 Å². The van der Waals surface area contributed by atoms with Crippen LogP contribution >= 0.6 is 0 Å². The van der Waals surface area contributed by atoms with Gasteiger partial charge in [-0.2, -0.15) is 0 Å². The summed E-state index contributed by atoms with van der Waals surface area (Å²) in [4.78, 5) is 17.2. The lowest BCUT2D eigenvalue weighted by Gasteiger charge is -2.32. The van der Waals surface area contributed by atoms with Crippen LogP contribution < -0.4 is 4.74 Å². The lowest BCUT2D eigenvalue weighted by atomic mass is 9.97. The summed E-state index contributed by atoms with van der Waals surface area (Å²) < 4.78 is 13.0. The number of para-hydroxylation sites is 1. The lowest BCUT2D eigenvalue weighted by molar-refractivity contribution is 0.133. The van der Waals surface area contributed by atoms with Crippen LogP contribution in [0.5, 0.6) is 5.75 Å². The van der Waals surface area contributed by atoms with E-state index in [1.165, 1.54) is 18.2 Å². The van der Waals surface area contributed by atoms with Gasteiger partial charge in [0.2, 0.25) is 0 Å². The van der Waals surface area contributed by atoms with Gasteiger partial charge in [0.05, 0.1) is 19.2 Å². The minimum Gasteiger partial charge on any atom is -0.493 e. The highest BCUT2D eigenvalue weighted by atomic mass is 16.5. The molecule has 0 amide bonds. The summed E-state index contributed by atoms with van der Waals surface area (Å²) >= 11 is 0. The Morgan fingerprint density at radius 1 is 1.03 bits per heavy atom. The number of ether oxygens (including phenoxy) is 2. The summed E-state index contributed by atoms with van der Waals surface area (Å²) in [6, 6.07) is 16.7. The van der Waals surface area contributed by atoms with E-state index in [0.717, 1.165) is 80.9 Å². The van der Waals surface area contributed by atoms with Gasteiger partial charge in [-0.25, -0.2) is 9.36 Å². The average Bonchev–Trinajstić information content (AvgIpc) is 3.20. The Kier molecular flexibility index (Phi) is 6.38. The van der Waals surface area contributed by atoms with E-state index in [9.17, 15) is 4.79 Å². The molecule has 1 saturated heterocycles. The average molecular weight is 448 g/mol. The van der Waals surface area contributed by atoms with Crippen molar-refractivity contribution in [3.8, 4) is 5.75 Å². The number of hydrogen-bond acceptors (Lipinski definition) is 5. The molecule has 2 aliphatic heterocycles. The maximum absolute atomic E-state index is 12.4. The van der Waals surface area contributed by atoms with E-state index in [2.05, 4.69) is 41.1 Å². The molecule has 1 fully saturated rings. The minimum absolute atomic E-state index is 0.328. The number of likely N-dealkylation sites (tertiary alicyclic amines) is 1. The van der Waals surface area contributed by atoms with Crippen LogP contribution in [-0.2, 0) is 24.2 Å². The molecule has 33 heavy (non-hydrogen) atoms. The molecule has 6 heteroatoms. The van der Waals surface area contributed by atoms with Crippen LogP contribution in [0.1, 0.15) is 29.7 Å². The molecule has 2 aromatic carbocycles. The van der Waals surface area contributed by atoms with E-state index in [0.29, 0.717) is 5.92 Å². The predicted molar refractivity (Wildman–Crippen MR) is 130 cm³/mol. The number of fused-ring (bicyclic) bond motifs is 2. The SMILES string of the molecule is COC(=O)n1c(CN2CCC(COc3ccc4c(c3)CN(C)CC4)CC2)cc2ccccc21. The van der Waals surface area contributed by atoms with Gasteiger partial charge in [-0.05, 0) is 80.7 Å². The van der Waals surface area contributed by atoms with Gasteiger partial charge < -0.3 is 14.4 Å². The second kappa shape index (κ2) is 9.57. The summed E-state index contributed by atoms with van der Waals surface area (Å²) in [6.45, 7) is 5.66. The first-order valence-corrected chi connectivity index (χ1v) is 11.9. The van der Waals surface area contributed by atoms with Gasteiger partial charge in [0.15, 0.2) is 0 Å². The third kappa shape index (κ3) is 4.77. The Balaban J connectivity index is 1.17. The Morgan fingerprint density at radius 3 is 2.67 bits per heavy atom. The first-order chi connectivity index (χ1) is 16.1. The van der Waals surface area contributed by atoms with Crippen LogP contribution in [0.4, 0.5) is 4.79 Å². The van der Waals surface area contributed by atoms with Gasteiger partial charge in [0.25, 0.3) is 0 Å². The fourth-order valence-electron chi connectivity index (χ4n) is 5.15. The molecule has 6 nitrogen and oxygen atoms in total. The van der Waals surface area contributed by atoms with Crippen molar-refractivity contribution in [3.05, 3.63) is 65.4 Å². The smallest absolute Gasteiger partial charge is 0.418 e. The van der Waals surface area contributed by atoms with Crippen LogP contribution in [0, 0.1) is 5.92 Å². The maximum Gasteiger partial charge on any atom is 0.418 e. The number of methoxy groups -OCH3 is 1. The number of carbonyl (C=O) groups is 1. The molecule has 174 valence electrons. The number of likely N-dealkylation sites (N-methyl/N-ethyl adjacent to an activating group) is 1. The van der Waals surface area contributed by atoms with Crippen LogP contribution in [0.15, 0.2) is 48.5 Å². The summed E-state index contributed by atoms with van der Waals surface area (Å²) in [6.07, 6.45) is 3.00. The molecule has 0 unspecified atom stereocenters. The van der Waals surface area contributed by atoms with Crippen LogP contribution in [0.2, 0.25) is 0 Å². The van der Waals surface area contributed by atoms with Crippen molar-refractivity contribution in [2.45, 2.75) is 32.4 Å². The number of rotatable bonds is 5. The van der Waals surface area contributed by atoms with Crippen molar-refractivity contribution in [3.63, 3.8) is 0 Å². The first-order valence-electron chi connectivity index (χ1n) is 11.9. The number of aromatic nitrogens is 1. The van der Waals surface area contributed by atoms with Gasteiger partial charge >= 0.3 is 6.09 Å². The molecule has 0 bridgehead atoms. The number of piperidine rings is 1. The zero-order chi connectivity index (χ0) is 22.8. The molecule has 0 radical (unpaired) electrons. The molecule has 5 rings (SSSR count). The highest BCUT2D eigenvalue weighted by molar-refractivity contribution is 5.90. The van der Waals surface area contributed by atoms with E-state index >= 15 is 0 Å². The third-order valence-corrected chi connectivity index (χ3v) is 7.10. The summed E-state index contributed by atoms with van der Waals surface area (Å²) in [5, 5.41) is 1.07. The minimum atomic E-state index is -0.328. The Labute approximate surface area is 195 Å². The first kappa shape index (κ1) is 22.0. The largest absolute Gasteiger partial charge is 0.493 e. The fraction of sp³-hybridized carbons (Fsp3) is 0.444. The van der Waals surface area contributed by atoms with Crippen molar-refractivity contribution >= 4 is 17.0 Å². The highest BCUT2D eigenvalue weighted by Crippen LogP contribution is 2.26. The predicted octanol–water partition coefficient (Wildman–Crippen LogP) is 4.53. The Hall–Kier alpha value is -2.83. The van der Waals surface area contributed by atoms with Crippen molar-refractivity contribution in [2.75, 3.05) is 40.4 Å². The van der Waals surface area contributed by atoms with Gasteiger partial charge in [-0.1, -0.05) is 24.3 Å². The second-order valence-corrected chi connectivity index (χ2v) is 9.45. The molecule has 0 spiro atoms. The summed E-state index contributed by atoms with van der Waals surface area (Å²) in [5.74, 6) is 1.56. The standard InChI is InChI=1S/C27H33N3O3/c1-28-12-11-21-7-8-25(16-23(21)17-28)33-19-20-9-13-29(14-10-20)18-24-15-22-5-3-4-6-26(22)30(24)27(31)32-2/h3-8,15-16,20H,9-14,17-19H2,1-2H3. The molecule has 3 aromatic rings. The van der Waals surface area contributed by atoms with Gasteiger partial charge in [-0.15, -0.1) is 0 Å². The van der Waals surface area contributed by atoms with Gasteiger partial charge in [-0.3, -0.25) is 4.90 Å². The topological polar surface area (TPSA) is 46.9 Å². The number of benzene rings is 2. The number of carbonyl (C=O) groups excluding carboxylic acids is 1. The second-order valence-electron chi connectivity index (χ2n) is 9.45. The molecule has 3 heterocycles. The molecule has 0 atom stereocenters. The van der Waals surface area contributed by atoms with Gasteiger partial charge in [0.1, 0.15) is 5.75 Å². The Morgan fingerprint density at radius 2 is 1.85 bits per heavy atom. The molecule has 0 saturated carbocycles. The number of nitrogens with zero attached hydrogens (tertiary/aromatic N) is 3. The van der Waals surface area contributed by atoms with Crippen LogP contribution in [0.3, 0.4) is 0 Å². The zero-order valence-corrected chi connectivity index (χ0v) is 19.6. The quantitative estimate of drug-likeness (QED) is 0.575. The van der Waals surface area contributed by atoms with E-state index in [-0.39, 0.29) is 6.09 Å². The zero-order valence-electron chi connectivity index (χ0n) is 19.6. The molecule has 0 aliphatic carbocycles. The van der Waals surface area contributed by atoms with Crippen molar-refractivity contribution < 1.29 is 14.3 Å². The van der Waals surface area contributed by atoms with Crippen molar-refractivity contribution in [1.29, 1.82) is 0 Å². The molecular weight excluding hydrogens is 414 g/mol. The molecule has 0 N–H and O–H groups in total.